The zero-order valence-corrected chi connectivity index (χ0v) is 6.15. The third kappa shape index (κ3) is 4.43. The van der Waals surface area contributed by atoms with E-state index in [1.165, 1.54) is 0 Å². The van der Waals surface area contributed by atoms with Gasteiger partial charge in [0.15, 0.2) is 0 Å². The van der Waals surface area contributed by atoms with Crippen molar-refractivity contribution in [1.82, 2.24) is 0 Å². The van der Waals surface area contributed by atoms with Gasteiger partial charge in [-0.05, 0) is 0 Å². The Morgan fingerprint density at radius 1 is 1.11 bits per heavy atom. The Balaban J connectivity index is 3.68. The van der Waals surface area contributed by atoms with Crippen LogP contribution in [-0.4, -0.2) is 16.9 Å². The number of rotatable bonds is 4. The average Bonchev–Trinajstić information content (AvgIpc) is 1.64. The van der Waals surface area contributed by atoms with Crippen LogP contribution in [-0.2, 0) is 9.59 Å². The van der Waals surface area contributed by atoms with Gasteiger partial charge in [0.25, 0.3) is 0 Å². The van der Waals surface area contributed by atoms with Crippen molar-refractivity contribution in [2.24, 2.45) is 0 Å². The number of hydrogen-bond acceptors (Lipinski definition) is 2. The van der Waals surface area contributed by atoms with Gasteiger partial charge in [0, 0.05) is 12.8 Å². The molecule has 0 spiro atoms. The number of carbonyl (C=O) groups excluding carboxylic acids is 2. The van der Waals surface area contributed by atoms with Crippen molar-refractivity contribution in [2.75, 3.05) is 0 Å². The van der Waals surface area contributed by atoms with Gasteiger partial charge in [-0.1, -0.05) is 0 Å². The summed E-state index contributed by atoms with van der Waals surface area (Å²) in [4.78, 5) is 19.6. The molecule has 0 bridgehead atoms. The molecule has 2 nitrogen and oxygen atoms in total. The van der Waals surface area contributed by atoms with E-state index in [0.29, 0.717) is 12.6 Å². The van der Waals surface area contributed by atoms with Crippen LogP contribution in [0.3, 0.4) is 0 Å². The lowest BCUT2D eigenvalue weighted by atomic mass is 10.2. The molecule has 9 heavy (non-hydrogen) atoms. The first-order valence-electron chi connectivity index (χ1n) is 2.37. The normalized spacial score (nSPS) is 10.9. The molecule has 0 N–H and O–H groups in total. The molecule has 0 radical (unpaired) electrons. The van der Waals surface area contributed by atoms with E-state index >= 15 is 0 Å². The van der Waals surface area contributed by atoms with Crippen molar-refractivity contribution < 1.29 is 9.59 Å². The molecule has 4 heteroatoms. The van der Waals surface area contributed by atoms with Crippen LogP contribution in [0.5, 0.6) is 0 Å². The fourth-order valence-electron chi connectivity index (χ4n) is 0.327. The Kier molecular flexibility index (Phi) is 3.82. The fourth-order valence-corrected chi connectivity index (χ4v) is 0.579. The van der Waals surface area contributed by atoms with Gasteiger partial charge in [0.1, 0.15) is 16.9 Å². The highest BCUT2D eigenvalue weighted by Crippen LogP contribution is 2.26. The SMILES string of the molecule is O=CCC(Cl)(Cl)CC=O. The molecule has 0 aromatic carbocycles. The number of alkyl halides is 2. The second kappa shape index (κ2) is 3.85. The van der Waals surface area contributed by atoms with Crippen LogP contribution in [0.15, 0.2) is 0 Å². The largest absolute Gasteiger partial charge is 0.303 e. The van der Waals surface area contributed by atoms with Gasteiger partial charge >= 0.3 is 0 Å². The molecule has 0 saturated carbocycles. The third-order valence-electron chi connectivity index (χ3n) is 0.764. The highest BCUT2D eigenvalue weighted by molar-refractivity contribution is 6.49. The zero-order valence-electron chi connectivity index (χ0n) is 4.64. The molecule has 0 fully saturated rings. The van der Waals surface area contributed by atoms with Crippen LogP contribution in [0.25, 0.3) is 0 Å². The first kappa shape index (κ1) is 8.92. The number of aldehydes is 2. The van der Waals surface area contributed by atoms with Crippen LogP contribution in [0.2, 0.25) is 0 Å². The van der Waals surface area contributed by atoms with E-state index in [1.54, 1.807) is 0 Å². The predicted molar refractivity (Wildman–Crippen MR) is 35.8 cm³/mol. The van der Waals surface area contributed by atoms with Gasteiger partial charge in [0.05, 0.1) is 0 Å². The highest BCUT2D eigenvalue weighted by atomic mass is 35.5. The van der Waals surface area contributed by atoms with Crippen LogP contribution in [0.1, 0.15) is 12.8 Å². The standard InChI is InChI=1S/C5H6Cl2O2/c6-5(7,1-3-8)2-4-9/h3-4H,1-2H2. The Bertz CT molecular complexity index is 99.5. The van der Waals surface area contributed by atoms with E-state index in [1.807, 2.05) is 0 Å². The summed E-state index contributed by atoms with van der Waals surface area (Å²) in [6.45, 7) is 0. The minimum atomic E-state index is -1.19. The van der Waals surface area contributed by atoms with E-state index in [0.717, 1.165) is 0 Å². The lowest BCUT2D eigenvalue weighted by molar-refractivity contribution is -0.109. The molecule has 0 rings (SSSR count). The third-order valence-corrected chi connectivity index (χ3v) is 1.38. The first-order valence-corrected chi connectivity index (χ1v) is 3.13. The van der Waals surface area contributed by atoms with E-state index < -0.39 is 4.33 Å². The molecule has 0 unspecified atom stereocenters. The summed E-state index contributed by atoms with van der Waals surface area (Å²) in [6.07, 6.45) is 1.16. The zero-order chi connectivity index (χ0) is 7.33. The maximum Gasteiger partial charge on any atom is 0.131 e. The lowest BCUT2D eigenvalue weighted by Crippen LogP contribution is -2.13. The lowest BCUT2D eigenvalue weighted by Gasteiger charge is -2.10. The summed E-state index contributed by atoms with van der Waals surface area (Å²) in [6, 6.07) is 0. The second-order valence-corrected chi connectivity index (χ2v) is 3.24. The highest BCUT2D eigenvalue weighted by Gasteiger charge is 2.21. The fraction of sp³-hybridized carbons (Fsp3) is 0.600. The van der Waals surface area contributed by atoms with Crippen LogP contribution >= 0.6 is 23.2 Å². The van der Waals surface area contributed by atoms with Crippen molar-refractivity contribution in [1.29, 1.82) is 0 Å². The van der Waals surface area contributed by atoms with Gasteiger partial charge in [0.2, 0.25) is 0 Å². The van der Waals surface area contributed by atoms with E-state index in [-0.39, 0.29) is 12.8 Å². The number of hydrogen-bond donors (Lipinski definition) is 0. The molecule has 0 aliphatic heterocycles. The molecule has 0 atom stereocenters. The first-order chi connectivity index (χ1) is 4.12. The summed E-state index contributed by atoms with van der Waals surface area (Å²) in [5.74, 6) is 0. The van der Waals surface area contributed by atoms with Crippen LogP contribution in [0, 0.1) is 0 Å². The topological polar surface area (TPSA) is 34.1 Å². The van der Waals surface area contributed by atoms with Gasteiger partial charge in [-0.2, -0.15) is 0 Å². The van der Waals surface area contributed by atoms with E-state index in [2.05, 4.69) is 0 Å². The van der Waals surface area contributed by atoms with Gasteiger partial charge in [-0.25, -0.2) is 0 Å². The van der Waals surface area contributed by atoms with Crippen molar-refractivity contribution in [2.45, 2.75) is 17.2 Å². The average molecular weight is 169 g/mol. The van der Waals surface area contributed by atoms with Crippen molar-refractivity contribution in [3.63, 3.8) is 0 Å². The summed E-state index contributed by atoms with van der Waals surface area (Å²) >= 11 is 10.9. The molecule has 0 aliphatic rings. The molecule has 0 aromatic rings. The van der Waals surface area contributed by atoms with Crippen LogP contribution < -0.4 is 0 Å². The van der Waals surface area contributed by atoms with Crippen molar-refractivity contribution in [3.05, 3.63) is 0 Å². The number of carbonyl (C=O) groups is 2. The molecule has 0 heterocycles. The summed E-state index contributed by atoms with van der Waals surface area (Å²) in [5.41, 5.74) is 0. The Morgan fingerprint density at radius 2 is 1.44 bits per heavy atom. The molecule has 0 saturated heterocycles. The van der Waals surface area contributed by atoms with Crippen molar-refractivity contribution in [3.8, 4) is 0 Å². The summed E-state index contributed by atoms with van der Waals surface area (Å²) in [7, 11) is 0. The minimum absolute atomic E-state index is 0.00511. The maximum atomic E-state index is 9.81. The maximum absolute atomic E-state index is 9.81. The molecule has 52 valence electrons. The van der Waals surface area contributed by atoms with Gasteiger partial charge in [-0.3, -0.25) is 0 Å². The second-order valence-electron chi connectivity index (χ2n) is 1.60. The van der Waals surface area contributed by atoms with Gasteiger partial charge < -0.3 is 9.59 Å². The summed E-state index contributed by atoms with van der Waals surface area (Å²) in [5, 5.41) is 0. The van der Waals surface area contributed by atoms with Gasteiger partial charge in [-0.15, -0.1) is 23.2 Å². The molecule has 0 aliphatic carbocycles. The van der Waals surface area contributed by atoms with Crippen LogP contribution in [0.4, 0.5) is 0 Å². The number of halogens is 2. The van der Waals surface area contributed by atoms with E-state index in [9.17, 15) is 9.59 Å². The predicted octanol–water partition coefficient (Wildman–Crippen LogP) is 1.34. The minimum Gasteiger partial charge on any atom is -0.303 e. The molecule has 0 aromatic heterocycles. The Labute approximate surface area is 63.1 Å². The van der Waals surface area contributed by atoms with E-state index in [4.69, 9.17) is 23.2 Å². The smallest absolute Gasteiger partial charge is 0.131 e. The molecular formula is C5H6Cl2O2. The molecular weight excluding hydrogens is 163 g/mol. The Morgan fingerprint density at radius 3 is 1.67 bits per heavy atom. The molecule has 0 amide bonds. The summed E-state index contributed by atoms with van der Waals surface area (Å²) < 4.78 is -1.19. The van der Waals surface area contributed by atoms with Crippen molar-refractivity contribution >= 4 is 35.8 Å². The quantitative estimate of drug-likeness (QED) is 0.470. The monoisotopic (exact) mass is 168 g/mol. The Hall–Kier alpha value is -0.0800.